The molecule has 1 unspecified atom stereocenters. The Labute approximate surface area is 259 Å². The highest BCUT2D eigenvalue weighted by molar-refractivity contribution is 7.21. The van der Waals surface area contributed by atoms with Crippen LogP contribution in [-0.4, -0.2) is 94.1 Å². The Hall–Kier alpha value is -3.57. The summed E-state index contributed by atoms with van der Waals surface area (Å²) >= 11 is 2.94. The molecule has 228 valence electrons. The summed E-state index contributed by atoms with van der Waals surface area (Å²) in [6.45, 7) is 10.3. The molecule has 1 N–H and O–H groups in total. The minimum atomic E-state index is -0.458. The molecular formula is C30H37FN8O2S2. The molecule has 10 nitrogen and oxygen atoms in total. The highest BCUT2D eigenvalue weighted by Gasteiger charge is 2.32. The number of aromatic nitrogens is 3. The maximum atomic E-state index is 13.6. The quantitative estimate of drug-likeness (QED) is 0.327. The van der Waals surface area contributed by atoms with Crippen LogP contribution in [-0.2, 0) is 11.2 Å². The van der Waals surface area contributed by atoms with Gasteiger partial charge >= 0.3 is 0 Å². The summed E-state index contributed by atoms with van der Waals surface area (Å²) in [6.07, 6.45) is 8.56. The Morgan fingerprint density at radius 1 is 1.28 bits per heavy atom. The molecule has 3 aromatic heterocycles. The topological polar surface area (TPSA) is 104 Å². The number of aliphatic hydroxyl groups is 1. The number of halogens is 1. The van der Waals surface area contributed by atoms with Crippen molar-refractivity contribution in [2.75, 3.05) is 56.6 Å². The predicted molar refractivity (Wildman–Crippen MR) is 171 cm³/mol. The third kappa shape index (κ3) is 6.38. The standard InChI is InChI=1S/C30H37FN8O2S2/c1-6-20(31)11-10-19(3)27-24(13-32)42-29(34-27)36(5)28-23(7-2)33-30-39(28)18-26(43-30)37-12-8-9-21(14-37)35(4)17-25(41)38-15-22(40)16-38/h6,10-11,18,21-22,40H,1,7-9,12,14-17H2,2-5H3/b19-10+,20-11+. The van der Waals surface area contributed by atoms with Crippen LogP contribution in [0.1, 0.15) is 43.0 Å². The van der Waals surface area contributed by atoms with Gasteiger partial charge in [0.15, 0.2) is 10.1 Å². The fourth-order valence-corrected chi connectivity index (χ4v) is 7.39. The van der Waals surface area contributed by atoms with Crippen LogP contribution in [0, 0.1) is 11.3 Å². The number of likely N-dealkylation sites (N-methyl/N-ethyl adjacent to an activating group) is 1. The smallest absolute Gasteiger partial charge is 0.236 e. The Balaban J connectivity index is 1.37. The number of piperidine rings is 1. The summed E-state index contributed by atoms with van der Waals surface area (Å²) in [7, 11) is 3.94. The normalized spacial score (nSPS) is 18.3. The molecule has 0 bridgehead atoms. The van der Waals surface area contributed by atoms with E-state index in [1.54, 1.807) is 29.2 Å². The number of β-amino-alcohol motifs (C(OH)–C–C–N with tert-alkyl or cyclic N) is 1. The summed E-state index contributed by atoms with van der Waals surface area (Å²) in [4.78, 5) is 31.8. The summed E-state index contributed by atoms with van der Waals surface area (Å²) < 4.78 is 15.7. The number of nitriles is 1. The van der Waals surface area contributed by atoms with Crippen LogP contribution in [0.3, 0.4) is 0 Å². The molecule has 2 fully saturated rings. The first-order valence-corrected chi connectivity index (χ1v) is 16.0. The SMILES string of the molecule is C=C/C(F)=C\C=C(/C)c1nc(N(C)c2c(CC)nc3sc(N4CCCC(N(C)CC(=O)N5CC(O)C5)C4)cn23)sc1C#N. The molecule has 2 aliphatic rings. The number of likely N-dealkylation sites (tertiary alicyclic amines) is 1. The first-order valence-electron chi connectivity index (χ1n) is 14.4. The second-order valence-corrected chi connectivity index (χ2v) is 13.0. The Bertz CT molecular complexity index is 1610. The molecule has 0 spiro atoms. The number of imidazole rings is 1. The van der Waals surface area contributed by atoms with Crippen LogP contribution in [0.5, 0.6) is 0 Å². The van der Waals surface area contributed by atoms with Crippen molar-refractivity contribution >= 4 is 55.1 Å². The van der Waals surface area contributed by atoms with E-state index in [9.17, 15) is 19.6 Å². The number of aliphatic hydroxyl groups excluding tert-OH is 1. The van der Waals surface area contributed by atoms with Gasteiger partial charge in [0, 0.05) is 45.5 Å². The minimum absolute atomic E-state index is 0.0651. The Morgan fingerprint density at radius 3 is 2.72 bits per heavy atom. The van der Waals surface area contributed by atoms with Gasteiger partial charge in [0.1, 0.15) is 27.6 Å². The van der Waals surface area contributed by atoms with Gasteiger partial charge in [-0.2, -0.15) is 5.26 Å². The molecule has 2 aliphatic heterocycles. The zero-order valence-electron chi connectivity index (χ0n) is 25.0. The van der Waals surface area contributed by atoms with E-state index in [1.165, 1.54) is 17.4 Å². The van der Waals surface area contributed by atoms with Crippen molar-refractivity contribution in [3.63, 3.8) is 0 Å². The van der Waals surface area contributed by atoms with Crippen LogP contribution in [0.15, 0.2) is 36.8 Å². The minimum Gasteiger partial charge on any atom is -0.389 e. The number of hydrogen-bond donors (Lipinski definition) is 1. The van der Waals surface area contributed by atoms with Crippen LogP contribution in [0.2, 0.25) is 0 Å². The van der Waals surface area contributed by atoms with Gasteiger partial charge in [-0.1, -0.05) is 42.3 Å². The molecule has 0 aromatic carbocycles. The fraction of sp³-hybridized carbons (Fsp3) is 0.467. The zero-order chi connectivity index (χ0) is 30.8. The van der Waals surface area contributed by atoms with E-state index in [0.717, 1.165) is 59.9 Å². The zero-order valence-corrected chi connectivity index (χ0v) is 26.6. The third-order valence-electron chi connectivity index (χ3n) is 8.01. The van der Waals surface area contributed by atoms with Crippen LogP contribution in [0.4, 0.5) is 20.3 Å². The average Bonchev–Trinajstić information content (AvgIpc) is 3.70. The predicted octanol–water partition coefficient (Wildman–Crippen LogP) is 4.60. The van der Waals surface area contributed by atoms with Crippen LogP contribution < -0.4 is 9.80 Å². The van der Waals surface area contributed by atoms with E-state index in [1.807, 2.05) is 19.0 Å². The van der Waals surface area contributed by atoms with Crippen molar-refractivity contribution in [1.82, 2.24) is 24.2 Å². The summed E-state index contributed by atoms with van der Waals surface area (Å²) in [5, 5.41) is 21.1. The molecule has 0 saturated carbocycles. The summed E-state index contributed by atoms with van der Waals surface area (Å²) in [5.41, 5.74) is 2.15. The van der Waals surface area contributed by atoms with Gasteiger partial charge in [0.25, 0.3) is 0 Å². The number of carbonyl (C=O) groups is 1. The lowest BCUT2D eigenvalue weighted by atomic mass is 10.0. The summed E-state index contributed by atoms with van der Waals surface area (Å²) in [6, 6.07) is 2.49. The van der Waals surface area contributed by atoms with Gasteiger partial charge in [-0.3, -0.25) is 14.1 Å². The third-order valence-corrected chi connectivity index (χ3v) is 10.1. The number of hydrogen-bond acceptors (Lipinski definition) is 10. The maximum absolute atomic E-state index is 13.6. The van der Waals surface area contributed by atoms with Crippen molar-refractivity contribution in [2.24, 2.45) is 0 Å². The van der Waals surface area contributed by atoms with E-state index < -0.39 is 11.9 Å². The van der Waals surface area contributed by atoms with Crippen molar-refractivity contribution in [2.45, 2.75) is 45.3 Å². The molecule has 0 aliphatic carbocycles. The Kier molecular flexibility index (Phi) is 9.31. The fourth-order valence-electron chi connectivity index (χ4n) is 5.46. The largest absolute Gasteiger partial charge is 0.389 e. The van der Waals surface area contributed by atoms with Gasteiger partial charge in [-0.15, -0.1) is 0 Å². The molecule has 2 saturated heterocycles. The van der Waals surface area contributed by atoms with Gasteiger partial charge in [0.05, 0.1) is 24.0 Å². The lowest BCUT2D eigenvalue weighted by molar-refractivity contribution is -0.142. The van der Waals surface area contributed by atoms with E-state index >= 15 is 0 Å². The van der Waals surface area contributed by atoms with E-state index in [0.29, 0.717) is 40.9 Å². The summed E-state index contributed by atoms with van der Waals surface area (Å²) in [5.74, 6) is 0.507. The molecule has 13 heteroatoms. The van der Waals surface area contributed by atoms with Gasteiger partial charge < -0.3 is 19.8 Å². The molecule has 1 atom stereocenters. The van der Waals surface area contributed by atoms with Gasteiger partial charge in [0.2, 0.25) is 5.91 Å². The number of anilines is 3. The molecular weight excluding hydrogens is 588 g/mol. The first kappa shape index (κ1) is 30.9. The maximum Gasteiger partial charge on any atom is 0.236 e. The number of thiazole rings is 2. The van der Waals surface area contributed by atoms with Gasteiger partial charge in [-0.25, -0.2) is 14.4 Å². The number of rotatable bonds is 10. The van der Waals surface area contributed by atoms with Crippen molar-refractivity contribution in [3.05, 3.63) is 53.1 Å². The van der Waals surface area contributed by atoms with E-state index in [4.69, 9.17) is 9.97 Å². The highest BCUT2D eigenvalue weighted by Crippen LogP contribution is 2.38. The van der Waals surface area contributed by atoms with Crippen LogP contribution >= 0.6 is 22.7 Å². The lowest BCUT2D eigenvalue weighted by Crippen LogP contribution is -2.57. The molecule has 3 aromatic rings. The number of aryl methyl sites for hydroxylation is 1. The molecule has 1 amide bonds. The Morgan fingerprint density at radius 2 is 2.05 bits per heavy atom. The highest BCUT2D eigenvalue weighted by atomic mass is 32.1. The first-order chi connectivity index (χ1) is 20.6. The molecule has 0 radical (unpaired) electrons. The molecule has 5 rings (SSSR count). The van der Waals surface area contributed by atoms with Crippen molar-refractivity contribution in [3.8, 4) is 6.07 Å². The van der Waals surface area contributed by atoms with Crippen molar-refractivity contribution < 1.29 is 14.3 Å². The number of allylic oxidation sites excluding steroid dienone is 5. The monoisotopic (exact) mass is 624 g/mol. The number of fused-ring (bicyclic) bond motifs is 1. The average molecular weight is 625 g/mol. The van der Waals surface area contributed by atoms with E-state index in [-0.39, 0.29) is 11.9 Å². The number of nitrogens with zero attached hydrogens (tertiary/aromatic N) is 8. The van der Waals surface area contributed by atoms with Gasteiger partial charge in [-0.05, 0) is 51.0 Å². The van der Waals surface area contributed by atoms with E-state index in [2.05, 4.69) is 40.0 Å². The van der Waals surface area contributed by atoms with Crippen molar-refractivity contribution in [1.29, 1.82) is 5.26 Å². The molecule has 5 heterocycles. The lowest BCUT2D eigenvalue weighted by Gasteiger charge is -2.40. The van der Waals surface area contributed by atoms with Crippen LogP contribution in [0.25, 0.3) is 10.5 Å². The second-order valence-electron chi connectivity index (χ2n) is 11.0. The number of amides is 1. The molecule has 43 heavy (non-hydrogen) atoms. The number of carbonyl (C=O) groups excluding carboxylic acids is 1. The second kappa shape index (κ2) is 13.0.